The van der Waals surface area contributed by atoms with Gasteiger partial charge in [-0.2, -0.15) is 8.78 Å². The van der Waals surface area contributed by atoms with Crippen LogP contribution < -0.4 is 20.9 Å². The zero-order valence-electron chi connectivity index (χ0n) is 35.3. The normalized spacial score (nSPS) is 14.4. The van der Waals surface area contributed by atoms with Gasteiger partial charge in [-0.1, -0.05) is 37.0 Å². The first-order valence-electron chi connectivity index (χ1n) is 20.6. The molecule has 2 aliphatic rings. The van der Waals surface area contributed by atoms with Gasteiger partial charge in [0.2, 0.25) is 0 Å². The van der Waals surface area contributed by atoms with Crippen molar-refractivity contribution in [3.8, 4) is 0 Å². The van der Waals surface area contributed by atoms with Gasteiger partial charge in [0.1, 0.15) is 0 Å². The SMILES string of the molecule is CCN1CCN(C(=O)N(Cc2ccc(C(=O)CN)cn2)c2ccc(Cl)cc2)CC1.CCN1CCN(C(=O)N(Cc2ccc(C(=O)CNC(=O)C(F)F)cn2)c2ccc(Cl)cc2)CC1. The number of alkyl halides is 2. The molecule has 6 rings (SSSR count). The van der Waals surface area contributed by atoms with Crippen LogP contribution in [0.2, 0.25) is 10.0 Å². The van der Waals surface area contributed by atoms with E-state index in [1.807, 2.05) is 22.3 Å². The smallest absolute Gasteiger partial charge is 0.324 e. The number of likely N-dealkylation sites (N-methyl/N-ethyl adjacent to an activating group) is 2. The summed E-state index contributed by atoms with van der Waals surface area (Å²) < 4.78 is 24.5. The number of nitrogens with two attached hydrogens (primary N) is 1. The minimum Gasteiger partial charge on any atom is -0.344 e. The number of ketones is 2. The molecule has 0 bridgehead atoms. The number of benzene rings is 2. The predicted octanol–water partition coefficient (Wildman–Crippen LogP) is 5.70. The van der Waals surface area contributed by atoms with E-state index < -0.39 is 24.7 Å². The van der Waals surface area contributed by atoms with E-state index in [9.17, 15) is 32.8 Å². The number of carbonyl (C=O) groups is 5. The Morgan fingerprint density at radius 2 is 1.03 bits per heavy atom. The summed E-state index contributed by atoms with van der Waals surface area (Å²) in [6.07, 6.45) is -0.374. The fraction of sp³-hybridized carbons (Fsp3) is 0.386. The molecule has 19 heteroatoms. The molecule has 4 heterocycles. The van der Waals surface area contributed by atoms with E-state index in [0.717, 1.165) is 45.0 Å². The highest BCUT2D eigenvalue weighted by Crippen LogP contribution is 2.24. The predicted molar refractivity (Wildman–Crippen MR) is 239 cm³/mol. The number of amides is 5. The summed E-state index contributed by atoms with van der Waals surface area (Å²) in [5, 5.41) is 3.03. The number of nitrogens with one attached hydrogen (secondary N) is 1. The first-order chi connectivity index (χ1) is 30.3. The van der Waals surface area contributed by atoms with E-state index in [0.29, 0.717) is 65.4 Å². The number of piperazine rings is 2. The quantitative estimate of drug-likeness (QED) is 0.150. The summed E-state index contributed by atoms with van der Waals surface area (Å²) in [5.41, 5.74) is 8.66. The maximum absolute atomic E-state index is 13.4. The maximum atomic E-state index is 13.4. The molecule has 5 amide bonds. The highest BCUT2D eigenvalue weighted by atomic mass is 35.5. The molecule has 0 unspecified atom stereocenters. The van der Waals surface area contributed by atoms with E-state index in [-0.39, 0.29) is 36.5 Å². The molecular weight excluding hydrogens is 857 g/mol. The number of rotatable bonds is 14. The van der Waals surface area contributed by atoms with Crippen LogP contribution in [-0.2, 0) is 17.9 Å². The summed E-state index contributed by atoms with van der Waals surface area (Å²) in [5.74, 6) is -2.22. The Hall–Kier alpha value is -5.59. The summed E-state index contributed by atoms with van der Waals surface area (Å²) >= 11 is 12.0. The molecule has 4 aromatic rings. The van der Waals surface area contributed by atoms with Gasteiger partial charge in [-0.05, 0) is 85.9 Å². The minimum absolute atomic E-state index is 0.0554. The molecule has 0 spiro atoms. The Labute approximate surface area is 375 Å². The molecule has 15 nitrogen and oxygen atoms in total. The molecule has 63 heavy (non-hydrogen) atoms. The Kier molecular flexibility index (Phi) is 18.3. The second-order valence-electron chi connectivity index (χ2n) is 14.7. The third-order valence-corrected chi connectivity index (χ3v) is 11.2. The van der Waals surface area contributed by atoms with Crippen molar-refractivity contribution in [2.75, 3.05) is 88.3 Å². The summed E-state index contributed by atoms with van der Waals surface area (Å²) in [4.78, 5) is 81.7. The van der Waals surface area contributed by atoms with E-state index >= 15 is 0 Å². The van der Waals surface area contributed by atoms with Crippen LogP contribution in [0, 0.1) is 0 Å². The molecule has 2 saturated heterocycles. The van der Waals surface area contributed by atoms with E-state index in [4.69, 9.17) is 28.9 Å². The Morgan fingerprint density at radius 3 is 1.37 bits per heavy atom. The lowest BCUT2D eigenvalue weighted by atomic mass is 10.1. The monoisotopic (exact) mass is 908 g/mol. The van der Waals surface area contributed by atoms with Gasteiger partial charge in [0.25, 0.3) is 5.91 Å². The van der Waals surface area contributed by atoms with Crippen LogP contribution in [0.4, 0.5) is 29.7 Å². The first-order valence-corrected chi connectivity index (χ1v) is 21.4. The topological polar surface area (TPSA) is 169 Å². The van der Waals surface area contributed by atoms with Crippen molar-refractivity contribution in [3.05, 3.63) is 118 Å². The number of pyridine rings is 2. The second-order valence-corrected chi connectivity index (χ2v) is 15.6. The van der Waals surface area contributed by atoms with Crippen molar-refractivity contribution in [2.24, 2.45) is 5.73 Å². The maximum Gasteiger partial charge on any atom is 0.324 e. The van der Waals surface area contributed by atoms with Gasteiger partial charge < -0.3 is 30.7 Å². The fourth-order valence-corrected chi connectivity index (χ4v) is 7.04. The van der Waals surface area contributed by atoms with Crippen LogP contribution in [0.15, 0.2) is 85.2 Å². The second kappa shape index (κ2) is 23.7. The van der Waals surface area contributed by atoms with E-state index in [1.165, 1.54) is 18.5 Å². The fourth-order valence-electron chi connectivity index (χ4n) is 6.79. The molecule has 2 aromatic heterocycles. The van der Waals surface area contributed by atoms with Crippen molar-refractivity contribution in [1.29, 1.82) is 0 Å². The van der Waals surface area contributed by atoms with Crippen LogP contribution in [0.25, 0.3) is 0 Å². The van der Waals surface area contributed by atoms with E-state index in [1.54, 1.807) is 69.3 Å². The lowest BCUT2D eigenvalue weighted by Crippen LogP contribution is -2.52. The third-order valence-electron chi connectivity index (χ3n) is 10.7. The van der Waals surface area contributed by atoms with Gasteiger partial charge in [-0.15, -0.1) is 0 Å². The number of halogens is 4. The Morgan fingerprint density at radius 1 is 0.635 bits per heavy atom. The largest absolute Gasteiger partial charge is 0.344 e. The van der Waals surface area contributed by atoms with Crippen molar-refractivity contribution in [3.63, 3.8) is 0 Å². The van der Waals surface area contributed by atoms with Crippen LogP contribution in [0.1, 0.15) is 46.0 Å². The van der Waals surface area contributed by atoms with Crippen LogP contribution in [0.5, 0.6) is 0 Å². The molecule has 3 N–H and O–H groups in total. The number of nitrogens with zero attached hydrogens (tertiary/aromatic N) is 8. The van der Waals surface area contributed by atoms with Gasteiger partial charge in [0.15, 0.2) is 11.6 Å². The number of aromatic nitrogens is 2. The molecule has 2 aromatic carbocycles. The molecule has 0 saturated carbocycles. The van der Waals surface area contributed by atoms with Gasteiger partial charge >= 0.3 is 18.5 Å². The molecule has 0 atom stereocenters. The minimum atomic E-state index is -3.19. The highest BCUT2D eigenvalue weighted by molar-refractivity contribution is 6.31. The van der Waals surface area contributed by atoms with Gasteiger partial charge in [-0.25, -0.2) is 9.59 Å². The van der Waals surface area contributed by atoms with Gasteiger partial charge in [0.05, 0.1) is 37.6 Å². The summed E-state index contributed by atoms with van der Waals surface area (Å²) in [7, 11) is 0. The van der Waals surface area contributed by atoms with Crippen molar-refractivity contribution < 1.29 is 32.8 Å². The van der Waals surface area contributed by atoms with Crippen LogP contribution in [0.3, 0.4) is 0 Å². The van der Waals surface area contributed by atoms with Gasteiger partial charge in [-0.3, -0.25) is 34.2 Å². The molecule has 336 valence electrons. The molecular formula is C44H52Cl2F2N10O5. The lowest BCUT2D eigenvalue weighted by Gasteiger charge is -2.37. The Bertz CT molecular complexity index is 2140. The zero-order chi connectivity index (χ0) is 45.5. The number of anilines is 2. The zero-order valence-corrected chi connectivity index (χ0v) is 36.8. The van der Waals surface area contributed by atoms with Gasteiger partial charge in [0, 0.05) is 97.3 Å². The summed E-state index contributed by atoms with van der Waals surface area (Å²) in [6.45, 7) is 11.9. The standard InChI is InChI=1S/C23H26ClF2N5O3.C21H26ClN5O2/c1-2-29-9-11-30(12-10-29)23(34)31(19-7-4-17(24)5-8-19)15-18-6-3-16(13-27-18)20(32)14-28-22(33)21(25)26;1-2-25-9-11-26(12-10-25)21(29)27(19-7-4-17(22)5-8-19)15-18-6-3-16(14-24-18)20(28)13-23/h3-8,13,21H,2,9-12,14-15H2,1H3,(H,28,33);3-8,14H,2,9-13,15,23H2,1H3. The average Bonchev–Trinajstić information content (AvgIpc) is 3.32. The highest BCUT2D eigenvalue weighted by Gasteiger charge is 2.28. The lowest BCUT2D eigenvalue weighted by molar-refractivity contribution is -0.131. The number of urea groups is 2. The van der Waals surface area contributed by atoms with Crippen molar-refractivity contribution >= 4 is 64.1 Å². The van der Waals surface area contributed by atoms with Crippen molar-refractivity contribution in [1.82, 2.24) is 34.9 Å². The summed E-state index contributed by atoms with van der Waals surface area (Å²) in [6, 6.07) is 20.4. The molecule has 2 aliphatic heterocycles. The molecule has 0 aliphatic carbocycles. The van der Waals surface area contributed by atoms with Crippen LogP contribution >= 0.6 is 23.2 Å². The Balaban J connectivity index is 0.000000240. The number of hydrogen-bond acceptors (Lipinski definition) is 10. The average molecular weight is 910 g/mol. The van der Waals surface area contributed by atoms with Crippen molar-refractivity contribution in [2.45, 2.75) is 33.4 Å². The number of carbonyl (C=O) groups excluding carboxylic acids is 5. The molecule has 0 radical (unpaired) electrons. The van der Waals surface area contributed by atoms with E-state index in [2.05, 4.69) is 33.6 Å². The third kappa shape index (κ3) is 14.0. The van der Waals surface area contributed by atoms with Crippen LogP contribution in [-0.4, -0.2) is 144 Å². The number of hydrogen-bond donors (Lipinski definition) is 2. The molecule has 2 fully saturated rings. The first kappa shape index (κ1) is 48.4. The number of Topliss-reactive ketones (excluding diaryl/α,β-unsaturated/α-hetero) is 2.